The number of ether oxygens (including phenoxy) is 1. The molecule has 3 heterocycles. The van der Waals surface area contributed by atoms with Gasteiger partial charge in [0.2, 0.25) is 5.91 Å². The van der Waals surface area contributed by atoms with Crippen LogP contribution in [0.3, 0.4) is 0 Å². The second kappa shape index (κ2) is 12.0. The molecule has 0 spiro atoms. The Bertz CT molecular complexity index is 645. The Morgan fingerprint density at radius 2 is 1.71 bits per heavy atom. The fourth-order valence-electron chi connectivity index (χ4n) is 7.30. The van der Waals surface area contributed by atoms with Crippen LogP contribution in [0.15, 0.2) is 0 Å². The van der Waals surface area contributed by atoms with Crippen molar-refractivity contribution in [1.82, 2.24) is 32.1 Å². The third-order valence-corrected chi connectivity index (χ3v) is 9.45. The summed E-state index contributed by atoms with van der Waals surface area (Å²) in [5.41, 5.74) is 6.88. The third-order valence-electron chi connectivity index (χ3n) is 9.45. The standard InChI is InChI=1S/C26H48N6O2/c33-25(30-26(11-15-34-16-12-26)21-6-2-1-3-7-21)20-5-4-8-22(17-20)28-18-23-29-24(32-31-23)19-9-13-27-14-10-19/h19-24,27-29,31-32H,1-18H2,(H,30,33). The number of carbonyl (C=O) groups excluding carboxylic acids is 1. The van der Waals surface area contributed by atoms with Crippen LogP contribution in [0.25, 0.3) is 0 Å². The van der Waals surface area contributed by atoms with Crippen LogP contribution in [-0.2, 0) is 9.53 Å². The molecule has 0 aromatic rings. The van der Waals surface area contributed by atoms with Gasteiger partial charge in [0.15, 0.2) is 0 Å². The van der Waals surface area contributed by atoms with E-state index in [1.807, 2.05) is 0 Å². The van der Waals surface area contributed by atoms with Crippen molar-refractivity contribution in [1.29, 1.82) is 0 Å². The summed E-state index contributed by atoms with van der Waals surface area (Å²) in [7, 11) is 0. The number of piperidine rings is 1. The molecule has 34 heavy (non-hydrogen) atoms. The lowest BCUT2D eigenvalue weighted by atomic mass is 9.70. The number of hydrogen-bond acceptors (Lipinski definition) is 7. The first-order valence-electron chi connectivity index (χ1n) is 14.3. The molecule has 4 atom stereocenters. The zero-order valence-corrected chi connectivity index (χ0v) is 21.0. The Morgan fingerprint density at radius 3 is 2.50 bits per heavy atom. The van der Waals surface area contributed by atoms with Gasteiger partial charge >= 0.3 is 0 Å². The quantitative estimate of drug-likeness (QED) is 0.333. The molecule has 0 radical (unpaired) electrons. The molecule has 2 saturated carbocycles. The van der Waals surface area contributed by atoms with E-state index < -0.39 is 0 Å². The maximum atomic E-state index is 13.5. The summed E-state index contributed by atoms with van der Waals surface area (Å²) < 4.78 is 5.71. The summed E-state index contributed by atoms with van der Waals surface area (Å²) in [5, 5.41) is 14.6. The van der Waals surface area contributed by atoms with Crippen LogP contribution in [0, 0.1) is 17.8 Å². The van der Waals surface area contributed by atoms with Gasteiger partial charge < -0.3 is 20.7 Å². The van der Waals surface area contributed by atoms with Crippen molar-refractivity contribution in [3.63, 3.8) is 0 Å². The summed E-state index contributed by atoms with van der Waals surface area (Å²) in [5.74, 6) is 1.76. The Kier molecular flexibility index (Phi) is 8.77. The summed E-state index contributed by atoms with van der Waals surface area (Å²) in [4.78, 5) is 13.5. The van der Waals surface area contributed by atoms with Crippen molar-refractivity contribution in [2.24, 2.45) is 17.8 Å². The minimum atomic E-state index is -0.0247. The molecule has 4 unspecified atom stereocenters. The topological polar surface area (TPSA) is 98.5 Å². The van der Waals surface area contributed by atoms with Gasteiger partial charge in [-0.1, -0.05) is 25.7 Å². The maximum Gasteiger partial charge on any atom is 0.223 e. The zero-order chi connectivity index (χ0) is 23.2. The average Bonchev–Trinajstić information content (AvgIpc) is 3.38. The van der Waals surface area contributed by atoms with Crippen LogP contribution < -0.4 is 32.1 Å². The van der Waals surface area contributed by atoms with Crippen LogP contribution in [0.2, 0.25) is 0 Å². The first-order chi connectivity index (χ1) is 16.7. The zero-order valence-electron chi connectivity index (χ0n) is 21.0. The van der Waals surface area contributed by atoms with Crippen molar-refractivity contribution < 1.29 is 9.53 Å². The number of hydrogen-bond donors (Lipinski definition) is 6. The van der Waals surface area contributed by atoms with Gasteiger partial charge in [-0.25, -0.2) is 10.9 Å². The minimum Gasteiger partial charge on any atom is -0.381 e. The number of amides is 1. The van der Waals surface area contributed by atoms with Crippen LogP contribution in [-0.4, -0.2) is 62.7 Å². The summed E-state index contributed by atoms with van der Waals surface area (Å²) in [6.07, 6.45) is 15.8. The van der Waals surface area contributed by atoms with Gasteiger partial charge in [0.05, 0.1) is 12.3 Å². The molecule has 5 fully saturated rings. The smallest absolute Gasteiger partial charge is 0.223 e. The minimum absolute atomic E-state index is 0.0247. The fraction of sp³-hybridized carbons (Fsp3) is 0.962. The lowest BCUT2D eigenvalue weighted by Crippen LogP contribution is -2.59. The monoisotopic (exact) mass is 476 g/mol. The predicted octanol–water partition coefficient (Wildman–Crippen LogP) is 1.73. The highest BCUT2D eigenvalue weighted by Crippen LogP contribution is 2.39. The number of hydrazine groups is 1. The Hall–Kier alpha value is -0.770. The average molecular weight is 477 g/mol. The van der Waals surface area contributed by atoms with E-state index in [1.54, 1.807) is 0 Å². The van der Waals surface area contributed by atoms with E-state index in [-0.39, 0.29) is 17.6 Å². The van der Waals surface area contributed by atoms with E-state index in [9.17, 15) is 4.79 Å². The highest BCUT2D eigenvalue weighted by Gasteiger charge is 2.43. The second-order valence-corrected chi connectivity index (χ2v) is 11.6. The van der Waals surface area contributed by atoms with Gasteiger partial charge in [-0.15, -0.1) is 0 Å². The van der Waals surface area contributed by atoms with Gasteiger partial charge in [-0.3, -0.25) is 10.1 Å². The van der Waals surface area contributed by atoms with Gasteiger partial charge in [0.1, 0.15) is 0 Å². The van der Waals surface area contributed by atoms with Crippen molar-refractivity contribution in [2.45, 2.75) is 107 Å². The molecule has 8 heteroatoms. The number of nitrogens with one attached hydrogen (secondary N) is 6. The highest BCUT2D eigenvalue weighted by atomic mass is 16.5. The molecule has 2 aliphatic carbocycles. The Labute approximate surface area is 205 Å². The van der Waals surface area contributed by atoms with E-state index in [2.05, 4.69) is 32.1 Å². The summed E-state index contributed by atoms with van der Waals surface area (Å²) in [6, 6.07) is 0.423. The van der Waals surface area contributed by atoms with Crippen molar-refractivity contribution in [2.75, 3.05) is 32.8 Å². The van der Waals surface area contributed by atoms with Gasteiger partial charge in [-0.2, -0.15) is 0 Å². The fourth-order valence-corrected chi connectivity index (χ4v) is 7.30. The molecule has 0 aromatic heterocycles. The van der Waals surface area contributed by atoms with E-state index in [0.29, 0.717) is 30.0 Å². The molecule has 1 amide bonds. The number of rotatable bonds is 7. The molecule has 194 valence electrons. The maximum absolute atomic E-state index is 13.5. The lowest BCUT2D eigenvalue weighted by molar-refractivity contribution is -0.131. The predicted molar refractivity (Wildman–Crippen MR) is 134 cm³/mol. The molecule has 0 bridgehead atoms. The molecular formula is C26H48N6O2. The van der Waals surface area contributed by atoms with Gasteiger partial charge in [0.25, 0.3) is 0 Å². The first kappa shape index (κ1) is 24.9. The SMILES string of the molecule is O=C(NC1(C2CCCCC2)CCOCC1)C1CCCC(NCC2NNC(C3CCNCC3)N2)C1. The van der Waals surface area contributed by atoms with Crippen molar-refractivity contribution in [3.8, 4) is 0 Å². The Morgan fingerprint density at radius 1 is 0.912 bits per heavy atom. The van der Waals surface area contributed by atoms with Gasteiger partial charge in [-0.05, 0) is 82.7 Å². The molecule has 5 rings (SSSR count). The molecule has 8 nitrogen and oxygen atoms in total. The highest BCUT2D eigenvalue weighted by molar-refractivity contribution is 5.79. The largest absolute Gasteiger partial charge is 0.381 e. The van der Waals surface area contributed by atoms with Gasteiger partial charge in [0, 0.05) is 37.3 Å². The summed E-state index contributed by atoms with van der Waals surface area (Å²) in [6.45, 7) is 4.71. The van der Waals surface area contributed by atoms with Crippen LogP contribution in [0.1, 0.15) is 83.5 Å². The molecule has 3 saturated heterocycles. The molecular weight excluding hydrogens is 428 g/mol. The lowest BCUT2D eigenvalue weighted by Gasteiger charge is -2.46. The summed E-state index contributed by atoms with van der Waals surface area (Å²) >= 11 is 0. The van der Waals surface area contributed by atoms with Crippen LogP contribution in [0.5, 0.6) is 0 Å². The second-order valence-electron chi connectivity index (χ2n) is 11.6. The van der Waals surface area contributed by atoms with Crippen LogP contribution >= 0.6 is 0 Å². The molecule has 3 aliphatic heterocycles. The van der Waals surface area contributed by atoms with Crippen molar-refractivity contribution in [3.05, 3.63) is 0 Å². The molecule has 5 aliphatic rings. The van der Waals surface area contributed by atoms with E-state index >= 15 is 0 Å². The van der Waals surface area contributed by atoms with Crippen LogP contribution in [0.4, 0.5) is 0 Å². The van der Waals surface area contributed by atoms with E-state index in [0.717, 1.165) is 65.0 Å². The molecule has 0 aromatic carbocycles. The molecule has 6 N–H and O–H groups in total. The first-order valence-corrected chi connectivity index (χ1v) is 14.3. The Balaban J connectivity index is 1.09. The van der Waals surface area contributed by atoms with E-state index in [4.69, 9.17) is 4.74 Å². The van der Waals surface area contributed by atoms with Crippen molar-refractivity contribution >= 4 is 5.91 Å². The third kappa shape index (κ3) is 6.13. The normalized spacial score (nSPS) is 35.8. The van der Waals surface area contributed by atoms with E-state index in [1.165, 1.54) is 51.4 Å². The number of carbonyl (C=O) groups is 1.